The van der Waals surface area contributed by atoms with Crippen molar-refractivity contribution in [3.63, 3.8) is 0 Å². The molecular formula is C37H51N3O16. The van der Waals surface area contributed by atoms with Gasteiger partial charge in [0, 0.05) is 31.7 Å². The molecule has 19 heteroatoms. The first kappa shape index (κ1) is 43.0. The van der Waals surface area contributed by atoms with Crippen LogP contribution in [0.1, 0.15) is 36.8 Å². The summed E-state index contributed by atoms with van der Waals surface area (Å²) >= 11 is 0. The van der Waals surface area contributed by atoms with Crippen LogP contribution >= 0.6 is 0 Å². The molecule has 0 saturated carbocycles. The summed E-state index contributed by atoms with van der Waals surface area (Å²) in [5.74, 6) is -1.76. The molecule has 2 amide bonds. The van der Waals surface area contributed by atoms with Gasteiger partial charge in [0.1, 0.15) is 54.6 Å². The molecule has 56 heavy (non-hydrogen) atoms. The van der Waals surface area contributed by atoms with Crippen LogP contribution in [-0.2, 0) is 30.2 Å². The Morgan fingerprint density at radius 1 is 0.679 bits per heavy atom. The van der Waals surface area contributed by atoms with Crippen molar-refractivity contribution in [1.29, 1.82) is 0 Å². The van der Waals surface area contributed by atoms with Crippen molar-refractivity contribution >= 4 is 17.9 Å². The molecule has 10 atom stereocenters. The third-order valence-electron chi connectivity index (χ3n) is 9.53. The largest absolute Gasteiger partial charge is 0.504 e. The molecule has 310 valence electrons. The van der Waals surface area contributed by atoms with Crippen LogP contribution < -0.4 is 25.4 Å². The molecular weight excluding hydrogens is 742 g/mol. The number of hydrogen-bond acceptors (Lipinski definition) is 17. The molecule has 3 aliphatic rings. The van der Waals surface area contributed by atoms with E-state index in [1.165, 1.54) is 36.4 Å². The monoisotopic (exact) mass is 793 g/mol. The standard InChI is InChI=1S/C37H51N3O16/c41-17-26-30(47)32(49)33(50)36(54-26)56-35-31(48)27(18-42)55-37(34(35)51)53-25-16-23-20(15-22(25)44)6-9-29(46)39-12-2-1-10-38-11-3-13-40-28(45)8-5-19-4-7-21(43)24(14-19)52-23/h4-5,7-8,14-16,26-27,30-38,41-44,47-51H,1-3,6,9-13,17-18H2,(H,39,46)(H,40,45)/b8-5+/t26-,27-,30-,31-,32+,33-,34-,35+,36+,37-/m1/s1. The minimum Gasteiger partial charge on any atom is -0.504 e. The number of aliphatic hydroxyl groups excluding tert-OH is 7. The van der Waals surface area contributed by atoms with Gasteiger partial charge in [-0.3, -0.25) is 9.59 Å². The van der Waals surface area contributed by atoms with Crippen LogP contribution in [0, 0.1) is 0 Å². The van der Waals surface area contributed by atoms with E-state index in [0.29, 0.717) is 24.2 Å². The highest BCUT2D eigenvalue weighted by atomic mass is 16.7. The summed E-state index contributed by atoms with van der Waals surface area (Å²) in [4.78, 5) is 25.2. The molecule has 0 aromatic heterocycles. The fourth-order valence-electron chi connectivity index (χ4n) is 6.30. The molecule has 2 aromatic rings. The van der Waals surface area contributed by atoms with Crippen molar-refractivity contribution in [1.82, 2.24) is 16.0 Å². The number of aromatic hydroxyl groups is 2. The number of benzene rings is 2. The lowest BCUT2D eigenvalue weighted by Crippen LogP contribution is -2.65. The van der Waals surface area contributed by atoms with Gasteiger partial charge in [0.15, 0.2) is 29.3 Å². The summed E-state index contributed by atoms with van der Waals surface area (Å²) in [6.07, 6.45) is -12.0. The van der Waals surface area contributed by atoms with E-state index in [1.807, 2.05) is 0 Å². The van der Waals surface area contributed by atoms with Gasteiger partial charge in [-0.05, 0) is 74.2 Å². The van der Waals surface area contributed by atoms with Crippen molar-refractivity contribution in [2.75, 3.05) is 39.4 Å². The average Bonchev–Trinajstić information content (AvgIpc) is 3.18. The van der Waals surface area contributed by atoms with Gasteiger partial charge in [-0.2, -0.15) is 0 Å². The van der Waals surface area contributed by atoms with Gasteiger partial charge in [-0.1, -0.05) is 6.07 Å². The first-order valence-corrected chi connectivity index (χ1v) is 18.4. The zero-order chi connectivity index (χ0) is 40.4. The zero-order valence-electron chi connectivity index (χ0n) is 30.5. The van der Waals surface area contributed by atoms with Gasteiger partial charge in [0.25, 0.3) is 0 Å². The van der Waals surface area contributed by atoms with E-state index in [1.54, 1.807) is 6.07 Å². The van der Waals surface area contributed by atoms with E-state index >= 15 is 0 Å². The molecule has 12 N–H and O–H groups in total. The van der Waals surface area contributed by atoms with Gasteiger partial charge >= 0.3 is 0 Å². The fourth-order valence-corrected chi connectivity index (χ4v) is 6.30. The van der Waals surface area contributed by atoms with Crippen LogP contribution in [0.15, 0.2) is 36.4 Å². The molecule has 5 rings (SSSR count). The Kier molecular flexibility index (Phi) is 15.6. The van der Waals surface area contributed by atoms with E-state index in [2.05, 4.69) is 16.0 Å². The van der Waals surface area contributed by atoms with Gasteiger partial charge in [-0.25, -0.2) is 0 Å². The van der Waals surface area contributed by atoms with Gasteiger partial charge in [-0.15, -0.1) is 0 Å². The Balaban J connectivity index is 1.42. The van der Waals surface area contributed by atoms with E-state index < -0.39 is 80.4 Å². The Morgan fingerprint density at radius 2 is 1.38 bits per heavy atom. The van der Waals surface area contributed by atoms with Gasteiger partial charge < -0.3 is 85.6 Å². The Morgan fingerprint density at radius 3 is 2.14 bits per heavy atom. The highest BCUT2D eigenvalue weighted by Gasteiger charge is 2.51. The number of hydrogen-bond donors (Lipinski definition) is 12. The summed E-state index contributed by atoms with van der Waals surface area (Å²) in [6.45, 7) is 0.783. The number of nitrogens with one attached hydrogen (secondary N) is 3. The molecule has 0 radical (unpaired) electrons. The number of fused-ring (bicyclic) bond motifs is 3. The number of rotatable bonds is 6. The number of aryl methyl sites for hydroxylation is 1. The molecule has 2 aromatic carbocycles. The number of phenolic OH excluding ortho intramolecular Hbond substituents is 2. The van der Waals surface area contributed by atoms with Crippen LogP contribution in [0.25, 0.3) is 6.08 Å². The SMILES string of the molecule is O=C1/C=C/c2ccc(O)c(c2)Oc2cc(O[C@@H]3O[C@H](CO)[C@@H](O)[C@H](O[C@@H]4O[C@H](CO)[C@@H](O)[C@H](O)[C@H]4O)[C@H]3O)c(O)cc2CCC(=O)NCCCCNCCCN1. The number of carbonyl (C=O) groups excluding carboxylic acids is 2. The van der Waals surface area contributed by atoms with Crippen molar-refractivity contribution in [2.24, 2.45) is 0 Å². The molecule has 3 heterocycles. The van der Waals surface area contributed by atoms with Crippen LogP contribution in [0.4, 0.5) is 0 Å². The molecule has 3 aliphatic heterocycles. The van der Waals surface area contributed by atoms with E-state index in [-0.39, 0.29) is 47.7 Å². The molecule has 0 unspecified atom stereocenters. The highest BCUT2D eigenvalue weighted by Crippen LogP contribution is 2.41. The van der Waals surface area contributed by atoms with Crippen molar-refractivity contribution in [3.05, 3.63) is 47.5 Å². The van der Waals surface area contributed by atoms with Crippen molar-refractivity contribution < 1.29 is 79.2 Å². The number of amides is 2. The van der Waals surface area contributed by atoms with Crippen molar-refractivity contribution in [3.8, 4) is 28.7 Å². The molecule has 0 aliphatic carbocycles. The van der Waals surface area contributed by atoms with Crippen molar-refractivity contribution in [2.45, 2.75) is 93.5 Å². The highest BCUT2D eigenvalue weighted by molar-refractivity contribution is 5.91. The second-order valence-electron chi connectivity index (χ2n) is 13.7. The number of aliphatic hydroxyl groups is 7. The lowest BCUT2D eigenvalue weighted by molar-refractivity contribution is -0.352. The molecule has 0 spiro atoms. The summed E-state index contributed by atoms with van der Waals surface area (Å²) in [5, 5.41) is 103. The summed E-state index contributed by atoms with van der Waals surface area (Å²) in [5.41, 5.74) is 0.805. The van der Waals surface area contributed by atoms with Crippen LogP contribution in [0.2, 0.25) is 0 Å². The fraction of sp³-hybridized carbons (Fsp3) is 0.568. The lowest BCUT2D eigenvalue weighted by Gasteiger charge is -2.45. The number of phenols is 2. The first-order valence-electron chi connectivity index (χ1n) is 18.4. The Bertz CT molecular complexity index is 1640. The van der Waals surface area contributed by atoms with E-state index in [0.717, 1.165) is 32.4 Å². The Hall–Kier alpha value is -4.12. The average molecular weight is 794 g/mol. The van der Waals surface area contributed by atoms with Gasteiger partial charge in [0.05, 0.1) is 13.2 Å². The van der Waals surface area contributed by atoms with E-state index in [9.17, 15) is 55.5 Å². The maximum absolute atomic E-state index is 12.8. The second-order valence-corrected chi connectivity index (χ2v) is 13.7. The zero-order valence-corrected chi connectivity index (χ0v) is 30.5. The smallest absolute Gasteiger partial charge is 0.243 e. The van der Waals surface area contributed by atoms with E-state index in [4.69, 9.17) is 23.7 Å². The maximum Gasteiger partial charge on any atom is 0.243 e. The topological polar surface area (TPSA) is 298 Å². The third kappa shape index (κ3) is 11.0. The van der Waals surface area contributed by atoms with Crippen LogP contribution in [-0.4, -0.2) is 159 Å². The normalized spacial score (nSPS) is 32.0. The first-order chi connectivity index (χ1) is 26.9. The molecule has 19 nitrogen and oxygen atoms in total. The third-order valence-corrected chi connectivity index (χ3v) is 9.53. The molecule has 2 bridgehead atoms. The quantitative estimate of drug-likeness (QED) is 0.148. The summed E-state index contributed by atoms with van der Waals surface area (Å²) < 4.78 is 28.6. The number of ether oxygens (including phenoxy) is 5. The summed E-state index contributed by atoms with van der Waals surface area (Å²) in [6, 6.07) is 6.83. The molecule has 2 fully saturated rings. The maximum atomic E-state index is 12.8. The predicted molar refractivity (Wildman–Crippen MR) is 193 cm³/mol. The minimum atomic E-state index is -1.91. The number of carbonyl (C=O) groups is 2. The summed E-state index contributed by atoms with van der Waals surface area (Å²) in [7, 11) is 0. The van der Waals surface area contributed by atoms with Crippen LogP contribution in [0.5, 0.6) is 28.7 Å². The van der Waals surface area contributed by atoms with Gasteiger partial charge in [0.2, 0.25) is 18.1 Å². The second kappa shape index (κ2) is 20.3. The Labute approximate surface area is 322 Å². The minimum absolute atomic E-state index is 0.00435. The lowest BCUT2D eigenvalue weighted by atomic mass is 9.97. The molecule has 2 saturated heterocycles. The predicted octanol–water partition coefficient (Wildman–Crippen LogP) is -2.16. The van der Waals surface area contributed by atoms with Crippen LogP contribution in [0.3, 0.4) is 0 Å².